The van der Waals surface area contributed by atoms with Crippen LogP contribution in [-0.4, -0.2) is 77.3 Å². The van der Waals surface area contributed by atoms with Crippen LogP contribution in [0.1, 0.15) is 23.2 Å². The highest BCUT2D eigenvalue weighted by molar-refractivity contribution is 6.00. The van der Waals surface area contributed by atoms with Crippen molar-refractivity contribution in [2.24, 2.45) is 0 Å². The van der Waals surface area contributed by atoms with Crippen LogP contribution in [0.4, 0.5) is 0 Å². The van der Waals surface area contributed by atoms with Gasteiger partial charge in [-0.05, 0) is 25.0 Å². The Labute approximate surface area is 193 Å². The predicted octanol–water partition coefficient (Wildman–Crippen LogP) is 3.39. The molecule has 3 heterocycles. The minimum absolute atomic E-state index is 0.0319. The second-order valence-electron chi connectivity index (χ2n) is 8.60. The van der Waals surface area contributed by atoms with E-state index in [1.54, 1.807) is 6.20 Å². The molecule has 1 aromatic heterocycles. The van der Waals surface area contributed by atoms with Gasteiger partial charge in [0, 0.05) is 50.4 Å². The van der Waals surface area contributed by atoms with Gasteiger partial charge in [0.25, 0.3) is 5.91 Å². The summed E-state index contributed by atoms with van der Waals surface area (Å²) in [5, 5.41) is 0. The van der Waals surface area contributed by atoms with Crippen LogP contribution >= 0.6 is 0 Å². The zero-order valence-electron chi connectivity index (χ0n) is 18.7. The van der Waals surface area contributed by atoms with Gasteiger partial charge in [0.15, 0.2) is 5.76 Å². The van der Waals surface area contributed by atoms with E-state index in [1.165, 1.54) is 0 Å². The number of carbonyl (C=O) groups excluding carboxylic acids is 2. The van der Waals surface area contributed by atoms with Crippen LogP contribution in [0.25, 0.3) is 22.8 Å². The van der Waals surface area contributed by atoms with Gasteiger partial charge in [-0.2, -0.15) is 0 Å². The molecule has 170 valence electrons. The van der Waals surface area contributed by atoms with Crippen molar-refractivity contribution in [1.82, 2.24) is 19.7 Å². The standard InChI is InChI=1S/C26H28N4O3/c31-24(29-12-6-7-13-29)19-28-14-16-30(17-15-28)26(32)22-11-5-4-10-21(22)25-27-18-23(33-25)20-8-2-1-3-9-20/h1-5,8-11,18H,6-7,12-17,19H2. The van der Waals surface area contributed by atoms with Crippen LogP contribution in [0, 0.1) is 0 Å². The molecule has 0 atom stereocenters. The Balaban J connectivity index is 1.26. The van der Waals surface area contributed by atoms with E-state index in [0.717, 1.165) is 31.5 Å². The number of likely N-dealkylation sites (tertiary alicyclic amines) is 1. The van der Waals surface area contributed by atoms with Crippen LogP contribution in [0.2, 0.25) is 0 Å². The number of nitrogens with zero attached hydrogens (tertiary/aromatic N) is 4. The topological polar surface area (TPSA) is 69.9 Å². The third kappa shape index (κ3) is 4.68. The monoisotopic (exact) mass is 444 g/mol. The Hall–Kier alpha value is -3.45. The Morgan fingerprint density at radius 3 is 2.27 bits per heavy atom. The fourth-order valence-corrected chi connectivity index (χ4v) is 4.53. The van der Waals surface area contributed by atoms with Crippen molar-refractivity contribution in [3.63, 3.8) is 0 Å². The van der Waals surface area contributed by atoms with Crippen LogP contribution in [0.15, 0.2) is 65.2 Å². The lowest BCUT2D eigenvalue weighted by Gasteiger charge is -2.35. The van der Waals surface area contributed by atoms with Gasteiger partial charge in [-0.1, -0.05) is 42.5 Å². The Kier molecular flexibility index (Phi) is 6.21. The highest BCUT2D eigenvalue weighted by Gasteiger charge is 2.27. The third-order valence-electron chi connectivity index (χ3n) is 6.43. The van der Waals surface area contributed by atoms with Crippen LogP contribution in [0.3, 0.4) is 0 Å². The van der Waals surface area contributed by atoms with E-state index in [1.807, 2.05) is 64.4 Å². The zero-order valence-corrected chi connectivity index (χ0v) is 18.7. The molecule has 0 saturated carbocycles. The molecule has 0 unspecified atom stereocenters. The summed E-state index contributed by atoms with van der Waals surface area (Å²) in [6.07, 6.45) is 3.90. The number of oxazole rings is 1. The van der Waals surface area contributed by atoms with E-state index in [0.29, 0.717) is 55.5 Å². The molecule has 33 heavy (non-hydrogen) atoms. The second kappa shape index (κ2) is 9.58. The van der Waals surface area contributed by atoms with Crippen molar-refractivity contribution in [3.05, 3.63) is 66.4 Å². The molecule has 2 saturated heterocycles. The average Bonchev–Trinajstić information content (AvgIpc) is 3.58. The number of rotatable bonds is 5. The van der Waals surface area contributed by atoms with Gasteiger partial charge in [0.1, 0.15) is 0 Å². The number of hydrogen-bond donors (Lipinski definition) is 0. The lowest BCUT2D eigenvalue weighted by Crippen LogP contribution is -2.51. The first-order valence-electron chi connectivity index (χ1n) is 11.6. The molecule has 5 rings (SSSR count). The molecule has 0 spiro atoms. The number of aromatic nitrogens is 1. The van der Waals surface area contributed by atoms with Crippen molar-refractivity contribution in [3.8, 4) is 22.8 Å². The minimum Gasteiger partial charge on any atom is -0.436 e. The molecule has 3 aromatic rings. The summed E-state index contributed by atoms with van der Waals surface area (Å²) in [4.78, 5) is 36.2. The first-order chi connectivity index (χ1) is 16.2. The van der Waals surface area contributed by atoms with Crippen molar-refractivity contribution in [2.45, 2.75) is 12.8 Å². The maximum atomic E-state index is 13.4. The van der Waals surface area contributed by atoms with E-state index in [2.05, 4.69) is 9.88 Å². The molecule has 2 aromatic carbocycles. The zero-order chi connectivity index (χ0) is 22.6. The number of hydrogen-bond acceptors (Lipinski definition) is 5. The van der Waals surface area contributed by atoms with Gasteiger partial charge in [-0.15, -0.1) is 0 Å². The van der Waals surface area contributed by atoms with Crippen molar-refractivity contribution < 1.29 is 14.0 Å². The number of carbonyl (C=O) groups is 2. The fourth-order valence-electron chi connectivity index (χ4n) is 4.53. The molecule has 7 heteroatoms. The summed E-state index contributed by atoms with van der Waals surface area (Å²) in [6.45, 7) is 4.79. The molecule has 0 bridgehead atoms. The third-order valence-corrected chi connectivity index (χ3v) is 6.43. The summed E-state index contributed by atoms with van der Waals surface area (Å²) in [6, 6.07) is 17.2. The molecule has 7 nitrogen and oxygen atoms in total. The molecule has 2 amide bonds. The maximum absolute atomic E-state index is 13.4. The molecular weight excluding hydrogens is 416 g/mol. The van der Waals surface area contributed by atoms with Crippen molar-refractivity contribution in [1.29, 1.82) is 0 Å². The fraction of sp³-hybridized carbons (Fsp3) is 0.346. The normalized spacial score (nSPS) is 16.8. The van der Waals surface area contributed by atoms with E-state index in [9.17, 15) is 9.59 Å². The minimum atomic E-state index is -0.0319. The summed E-state index contributed by atoms with van der Waals surface area (Å²) < 4.78 is 6.01. The smallest absolute Gasteiger partial charge is 0.254 e. The molecule has 2 aliphatic rings. The van der Waals surface area contributed by atoms with Gasteiger partial charge in [0.2, 0.25) is 11.8 Å². The largest absolute Gasteiger partial charge is 0.436 e. The van der Waals surface area contributed by atoms with Gasteiger partial charge in [-0.25, -0.2) is 4.98 Å². The Bertz CT molecular complexity index is 1110. The second-order valence-corrected chi connectivity index (χ2v) is 8.60. The van der Waals surface area contributed by atoms with Gasteiger partial charge < -0.3 is 14.2 Å². The van der Waals surface area contributed by atoms with Gasteiger partial charge in [-0.3, -0.25) is 14.5 Å². The maximum Gasteiger partial charge on any atom is 0.254 e. The van der Waals surface area contributed by atoms with Crippen molar-refractivity contribution in [2.75, 3.05) is 45.8 Å². The quantitative estimate of drug-likeness (QED) is 0.603. The van der Waals surface area contributed by atoms with Gasteiger partial charge >= 0.3 is 0 Å². The summed E-state index contributed by atoms with van der Waals surface area (Å²) >= 11 is 0. The lowest BCUT2D eigenvalue weighted by molar-refractivity contribution is -0.131. The number of amides is 2. The number of piperazine rings is 1. The molecule has 2 aliphatic heterocycles. The lowest BCUT2D eigenvalue weighted by atomic mass is 10.1. The average molecular weight is 445 g/mol. The SMILES string of the molecule is O=C(CN1CCN(C(=O)c2ccccc2-c2ncc(-c3ccccc3)o2)CC1)N1CCCC1. The molecule has 0 radical (unpaired) electrons. The van der Waals surface area contributed by atoms with Crippen LogP contribution in [0.5, 0.6) is 0 Å². The Morgan fingerprint density at radius 2 is 1.52 bits per heavy atom. The van der Waals surface area contributed by atoms with E-state index >= 15 is 0 Å². The van der Waals surface area contributed by atoms with Crippen LogP contribution < -0.4 is 0 Å². The first kappa shape index (κ1) is 21.4. The van der Waals surface area contributed by atoms with E-state index in [-0.39, 0.29) is 11.8 Å². The highest BCUT2D eigenvalue weighted by atomic mass is 16.4. The molecular formula is C26H28N4O3. The predicted molar refractivity (Wildman–Crippen MR) is 126 cm³/mol. The molecule has 0 N–H and O–H groups in total. The van der Waals surface area contributed by atoms with Gasteiger partial charge in [0.05, 0.1) is 18.3 Å². The Morgan fingerprint density at radius 1 is 0.818 bits per heavy atom. The first-order valence-corrected chi connectivity index (χ1v) is 11.6. The van der Waals surface area contributed by atoms with E-state index < -0.39 is 0 Å². The summed E-state index contributed by atoms with van der Waals surface area (Å²) in [5.74, 6) is 1.28. The summed E-state index contributed by atoms with van der Waals surface area (Å²) in [7, 11) is 0. The number of benzene rings is 2. The molecule has 0 aliphatic carbocycles. The van der Waals surface area contributed by atoms with Crippen LogP contribution in [-0.2, 0) is 4.79 Å². The molecule has 2 fully saturated rings. The van der Waals surface area contributed by atoms with Crippen molar-refractivity contribution >= 4 is 11.8 Å². The van der Waals surface area contributed by atoms with E-state index in [4.69, 9.17) is 4.42 Å². The highest BCUT2D eigenvalue weighted by Crippen LogP contribution is 2.29. The summed E-state index contributed by atoms with van der Waals surface area (Å²) in [5.41, 5.74) is 2.22.